The maximum Gasteiger partial charge on any atom is 0.268 e. The quantitative estimate of drug-likeness (QED) is 0.238. The molecule has 0 unspecified atom stereocenters. The number of ether oxygens (including phenoxy) is 1. The van der Waals surface area contributed by atoms with Crippen LogP contribution in [0.1, 0.15) is 46.5 Å². The van der Waals surface area contributed by atoms with E-state index >= 15 is 0 Å². The normalized spacial score (nSPS) is 11.4. The minimum Gasteiger partial charge on any atom is -0.494 e. The zero-order valence-electron chi connectivity index (χ0n) is 19.9. The molecule has 1 amide bonds. The van der Waals surface area contributed by atoms with Crippen LogP contribution in [0.3, 0.4) is 0 Å². The highest BCUT2D eigenvalue weighted by molar-refractivity contribution is 7.99. The molecule has 8 nitrogen and oxygen atoms in total. The Morgan fingerprint density at radius 2 is 2.03 bits per heavy atom. The molecule has 0 saturated carbocycles. The van der Waals surface area contributed by atoms with Crippen LogP contribution >= 0.6 is 11.8 Å². The zero-order valence-corrected chi connectivity index (χ0v) is 20.7. The molecule has 0 atom stereocenters. The summed E-state index contributed by atoms with van der Waals surface area (Å²) in [6.45, 7) is 7.52. The molecular weight excluding hydrogens is 450 g/mol. The molecule has 3 rings (SSSR count). The van der Waals surface area contributed by atoms with Gasteiger partial charge in [-0.2, -0.15) is 5.26 Å². The van der Waals surface area contributed by atoms with Gasteiger partial charge in [0.25, 0.3) is 5.56 Å². The monoisotopic (exact) mass is 481 g/mol. The lowest BCUT2D eigenvalue weighted by Gasteiger charge is -2.18. The van der Waals surface area contributed by atoms with Gasteiger partial charge in [-0.1, -0.05) is 32.5 Å². The maximum atomic E-state index is 13.2. The summed E-state index contributed by atoms with van der Waals surface area (Å²) in [6, 6.07) is 11.2. The fourth-order valence-electron chi connectivity index (χ4n) is 3.21. The molecule has 0 fully saturated rings. The average Bonchev–Trinajstić information content (AvgIpc) is 3.26. The van der Waals surface area contributed by atoms with Crippen LogP contribution in [0.4, 0.5) is 0 Å². The number of aromatic nitrogens is 3. The molecule has 9 heteroatoms. The van der Waals surface area contributed by atoms with E-state index in [4.69, 9.17) is 10.00 Å². The molecule has 2 aromatic heterocycles. The molecule has 1 aromatic carbocycles. The van der Waals surface area contributed by atoms with Crippen LogP contribution in [0.25, 0.3) is 16.7 Å². The van der Waals surface area contributed by atoms with Crippen LogP contribution in [0, 0.1) is 16.7 Å². The number of H-pyrrole nitrogens is 1. The summed E-state index contributed by atoms with van der Waals surface area (Å²) in [5, 5.41) is 12.4. The summed E-state index contributed by atoms with van der Waals surface area (Å²) >= 11 is 1.43. The first kappa shape index (κ1) is 25.4. The van der Waals surface area contributed by atoms with Crippen molar-refractivity contribution in [3.05, 3.63) is 46.9 Å². The Morgan fingerprint density at radius 1 is 1.26 bits per heavy atom. The van der Waals surface area contributed by atoms with E-state index in [0.29, 0.717) is 60.0 Å². The number of thioether (sulfide) groups is 1. The van der Waals surface area contributed by atoms with Gasteiger partial charge >= 0.3 is 0 Å². The van der Waals surface area contributed by atoms with Crippen molar-refractivity contribution in [2.24, 2.45) is 5.41 Å². The number of aromatic amines is 1. The molecule has 180 valence electrons. The number of nitrogens with zero attached hydrogens (tertiary/aromatic N) is 3. The molecule has 0 bridgehead atoms. The van der Waals surface area contributed by atoms with E-state index in [-0.39, 0.29) is 16.9 Å². The second kappa shape index (κ2) is 11.7. The summed E-state index contributed by atoms with van der Waals surface area (Å²) in [7, 11) is 0. The highest BCUT2D eigenvalue weighted by Crippen LogP contribution is 2.24. The molecule has 0 aliphatic rings. The first-order valence-electron chi connectivity index (χ1n) is 11.4. The summed E-state index contributed by atoms with van der Waals surface area (Å²) in [4.78, 5) is 32.8. The zero-order chi connectivity index (χ0) is 24.6. The maximum absolute atomic E-state index is 13.2. The molecule has 0 saturated heterocycles. The smallest absolute Gasteiger partial charge is 0.268 e. The topological polar surface area (TPSA) is 113 Å². The van der Waals surface area contributed by atoms with Crippen molar-refractivity contribution in [2.75, 3.05) is 18.9 Å². The number of carbonyl (C=O) groups excluding carboxylic acids is 1. The number of fused-ring (bicyclic) bond motifs is 1. The van der Waals surface area contributed by atoms with Gasteiger partial charge in [-0.05, 0) is 48.6 Å². The summed E-state index contributed by atoms with van der Waals surface area (Å²) < 4.78 is 7.46. The van der Waals surface area contributed by atoms with Gasteiger partial charge in [-0.25, -0.2) is 4.98 Å². The molecular formula is C25H31N5O3S. The molecule has 0 radical (unpaired) electrons. The van der Waals surface area contributed by atoms with E-state index in [0.717, 1.165) is 12.2 Å². The molecule has 2 N–H and O–H groups in total. The second-order valence-electron chi connectivity index (χ2n) is 9.14. The van der Waals surface area contributed by atoms with Gasteiger partial charge < -0.3 is 15.0 Å². The van der Waals surface area contributed by atoms with Crippen LogP contribution in [-0.4, -0.2) is 39.3 Å². The number of hydrogen-bond acceptors (Lipinski definition) is 6. The summed E-state index contributed by atoms with van der Waals surface area (Å²) in [6.07, 6.45) is 3.93. The van der Waals surface area contributed by atoms with Gasteiger partial charge in [0.2, 0.25) is 5.91 Å². The highest BCUT2D eigenvalue weighted by atomic mass is 32.2. The van der Waals surface area contributed by atoms with E-state index in [1.165, 1.54) is 11.8 Å². The standard InChI is InChI=1S/C25H31N5O3S/c1-25(2,3)12-16-33-19-9-7-18(8-10-19)30-23(32)20-11-15-28-22(20)29-24(30)34-17-4-6-21(31)27-14-5-13-26/h7-11,15,28H,4-6,12,14,16-17H2,1-3H3,(H,27,31). The lowest BCUT2D eigenvalue weighted by molar-refractivity contribution is -0.121. The van der Waals surface area contributed by atoms with Crippen LogP contribution in [0.15, 0.2) is 46.5 Å². The van der Waals surface area contributed by atoms with Crippen molar-refractivity contribution in [1.82, 2.24) is 19.9 Å². The number of rotatable bonds is 11. The Labute approximate surface area is 203 Å². The first-order valence-corrected chi connectivity index (χ1v) is 12.4. The highest BCUT2D eigenvalue weighted by Gasteiger charge is 2.15. The van der Waals surface area contributed by atoms with E-state index in [2.05, 4.69) is 36.1 Å². The Balaban J connectivity index is 1.72. The molecule has 0 aliphatic carbocycles. The van der Waals surface area contributed by atoms with Crippen molar-refractivity contribution in [3.63, 3.8) is 0 Å². The van der Waals surface area contributed by atoms with Gasteiger partial charge in [0, 0.05) is 24.9 Å². The van der Waals surface area contributed by atoms with Crippen molar-refractivity contribution < 1.29 is 9.53 Å². The Kier molecular flexibility index (Phi) is 8.77. The summed E-state index contributed by atoms with van der Waals surface area (Å²) in [5.41, 5.74) is 1.30. The van der Waals surface area contributed by atoms with Gasteiger partial charge in [-0.15, -0.1) is 0 Å². The Morgan fingerprint density at radius 3 is 2.74 bits per heavy atom. The number of benzene rings is 1. The third-order valence-corrected chi connectivity index (χ3v) is 6.14. The fourth-order valence-corrected chi connectivity index (χ4v) is 4.16. The largest absolute Gasteiger partial charge is 0.494 e. The minimum absolute atomic E-state index is 0.0805. The lowest BCUT2D eigenvalue weighted by Crippen LogP contribution is -2.24. The molecule has 34 heavy (non-hydrogen) atoms. The van der Waals surface area contributed by atoms with Crippen molar-refractivity contribution in [3.8, 4) is 17.5 Å². The Hall–Kier alpha value is -3.25. The Bertz CT molecular complexity index is 1200. The first-order chi connectivity index (χ1) is 16.3. The lowest BCUT2D eigenvalue weighted by atomic mass is 9.93. The van der Waals surface area contributed by atoms with Crippen LogP contribution in [0.5, 0.6) is 5.75 Å². The molecule has 0 aliphatic heterocycles. The van der Waals surface area contributed by atoms with Crippen molar-refractivity contribution in [2.45, 2.75) is 51.6 Å². The van der Waals surface area contributed by atoms with Crippen molar-refractivity contribution >= 4 is 28.7 Å². The van der Waals surface area contributed by atoms with Crippen LogP contribution < -0.4 is 15.6 Å². The number of amides is 1. The average molecular weight is 482 g/mol. The van der Waals surface area contributed by atoms with E-state index < -0.39 is 0 Å². The SMILES string of the molecule is CC(C)(C)CCOc1ccc(-n2c(SCCCC(=O)NCCC#N)nc3[nH]ccc3c2=O)cc1. The van der Waals surface area contributed by atoms with Gasteiger partial charge in [0.1, 0.15) is 11.4 Å². The predicted molar refractivity (Wildman–Crippen MR) is 134 cm³/mol. The van der Waals surface area contributed by atoms with E-state index in [1.807, 2.05) is 30.3 Å². The predicted octanol–water partition coefficient (Wildman–Crippen LogP) is 4.43. The molecule has 2 heterocycles. The van der Waals surface area contributed by atoms with Crippen LogP contribution in [-0.2, 0) is 4.79 Å². The number of nitriles is 1. The third-order valence-electron chi connectivity index (χ3n) is 5.11. The number of carbonyl (C=O) groups is 1. The van der Waals surface area contributed by atoms with Gasteiger partial charge in [0.15, 0.2) is 5.16 Å². The van der Waals surface area contributed by atoms with E-state index in [9.17, 15) is 9.59 Å². The van der Waals surface area contributed by atoms with E-state index in [1.54, 1.807) is 16.8 Å². The molecule has 3 aromatic rings. The van der Waals surface area contributed by atoms with Gasteiger partial charge in [-0.3, -0.25) is 14.2 Å². The fraction of sp³-hybridized carbons (Fsp3) is 0.440. The second-order valence-corrected chi connectivity index (χ2v) is 10.2. The van der Waals surface area contributed by atoms with Gasteiger partial charge in [0.05, 0.1) is 30.2 Å². The third kappa shape index (κ3) is 7.12. The molecule has 0 spiro atoms. The number of hydrogen-bond donors (Lipinski definition) is 2. The summed E-state index contributed by atoms with van der Waals surface area (Å²) in [5.74, 6) is 1.30. The van der Waals surface area contributed by atoms with Crippen LogP contribution in [0.2, 0.25) is 0 Å². The minimum atomic E-state index is -0.149. The van der Waals surface area contributed by atoms with Crippen molar-refractivity contribution in [1.29, 1.82) is 5.26 Å². The number of nitrogens with one attached hydrogen (secondary N) is 2.